The molecule has 0 atom stereocenters. The number of hydrogen-bond donors (Lipinski definition) is 2. The summed E-state index contributed by atoms with van der Waals surface area (Å²) >= 11 is 10.5. The van der Waals surface area contributed by atoms with Gasteiger partial charge in [0.05, 0.1) is 12.6 Å². The van der Waals surface area contributed by atoms with E-state index in [4.69, 9.17) is 16.3 Å². The van der Waals surface area contributed by atoms with Gasteiger partial charge in [0.25, 0.3) is 0 Å². The van der Waals surface area contributed by atoms with Crippen LogP contribution in [0.25, 0.3) is 10.9 Å². The lowest BCUT2D eigenvalue weighted by Crippen LogP contribution is -2.45. The average Bonchev–Trinajstić information content (AvgIpc) is 2.78. The molecule has 0 spiro atoms. The van der Waals surface area contributed by atoms with Crippen molar-refractivity contribution in [1.82, 2.24) is 14.3 Å². The molecule has 0 unspecified atom stereocenters. The van der Waals surface area contributed by atoms with Gasteiger partial charge < -0.3 is 15.0 Å². The van der Waals surface area contributed by atoms with Crippen LogP contribution in [0, 0.1) is 0 Å². The molecule has 1 aromatic heterocycles. The molecule has 4 rings (SSSR count). The molecule has 0 aliphatic carbocycles. The number of carbonyl (C=O) groups excluding carboxylic acids is 1. The molecule has 0 bridgehead atoms. The number of aromatic nitrogens is 2. The highest BCUT2D eigenvalue weighted by atomic mass is 35.5. The Morgan fingerprint density at radius 3 is 2.63 bits per heavy atom. The number of nitrogens with one attached hydrogen (secondary N) is 1. The molecular formula is C21H22ClN5O2S. The molecule has 1 fully saturated rings. The second kappa shape index (κ2) is 8.97. The molecular weight excluding hydrogens is 422 g/mol. The fourth-order valence-electron chi connectivity index (χ4n) is 3.61. The molecule has 3 aromatic rings. The van der Waals surface area contributed by atoms with Gasteiger partial charge in [-0.2, -0.15) is 0 Å². The lowest BCUT2D eigenvalue weighted by atomic mass is 10.0. The monoisotopic (exact) mass is 443 g/mol. The van der Waals surface area contributed by atoms with E-state index in [1.165, 1.54) is 4.31 Å². The summed E-state index contributed by atoms with van der Waals surface area (Å²) < 4.78 is 6.62. The highest BCUT2D eigenvalue weighted by molar-refractivity contribution is 7.78. The van der Waals surface area contributed by atoms with Gasteiger partial charge in [-0.1, -0.05) is 24.4 Å². The molecule has 156 valence electrons. The van der Waals surface area contributed by atoms with Gasteiger partial charge >= 0.3 is 6.03 Å². The number of nitrogens with zero attached hydrogens (tertiary/aromatic N) is 4. The van der Waals surface area contributed by atoms with Gasteiger partial charge in [0.2, 0.25) is 0 Å². The molecule has 1 saturated heterocycles. The van der Waals surface area contributed by atoms with Crippen LogP contribution in [0.2, 0.25) is 5.02 Å². The van der Waals surface area contributed by atoms with Crippen LogP contribution in [-0.4, -0.2) is 46.5 Å². The van der Waals surface area contributed by atoms with Crippen LogP contribution in [0.4, 0.5) is 16.3 Å². The molecule has 2 aromatic carbocycles. The molecule has 1 aliphatic heterocycles. The van der Waals surface area contributed by atoms with Crippen molar-refractivity contribution < 1.29 is 9.53 Å². The van der Waals surface area contributed by atoms with Crippen LogP contribution in [0.3, 0.4) is 0 Å². The van der Waals surface area contributed by atoms with Crippen molar-refractivity contribution in [3.63, 3.8) is 0 Å². The minimum Gasteiger partial charge on any atom is -0.497 e. The Balaban J connectivity index is 1.38. The van der Waals surface area contributed by atoms with E-state index in [9.17, 15) is 4.79 Å². The van der Waals surface area contributed by atoms with E-state index in [1.807, 2.05) is 18.2 Å². The van der Waals surface area contributed by atoms with E-state index in [0.29, 0.717) is 10.7 Å². The zero-order valence-corrected chi connectivity index (χ0v) is 18.1. The van der Waals surface area contributed by atoms with Crippen molar-refractivity contribution in [2.45, 2.75) is 18.9 Å². The van der Waals surface area contributed by atoms with Crippen molar-refractivity contribution in [2.24, 2.45) is 0 Å². The van der Waals surface area contributed by atoms with Crippen molar-refractivity contribution in [2.75, 3.05) is 30.4 Å². The largest absolute Gasteiger partial charge is 0.497 e. The molecule has 0 radical (unpaired) electrons. The van der Waals surface area contributed by atoms with Gasteiger partial charge in [-0.3, -0.25) is 4.31 Å². The fraction of sp³-hybridized carbons (Fsp3) is 0.286. The first-order chi connectivity index (χ1) is 14.5. The number of piperidine rings is 1. The lowest BCUT2D eigenvalue weighted by molar-refractivity contribution is 0.223. The van der Waals surface area contributed by atoms with Gasteiger partial charge in [0, 0.05) is 35.2 Å². The molecule has 2 heterocycles. The summed E-state index contributed by atoms with van der Waals surface area (Å²) in [5.74, 6) is 1.63. The number of urea groups is 1. The predicted octanol–water partition coefficient (Wildman–Crippen LogP) is 4.64. The zero-order chi connectivity index (χ0) is 21.1. The Hall–Kier alpha value is -2.71. The number of methoxy groups -OCH3 is 1. The van der Waals surface area contributed by atoms with E-state index >= 15 is 0 Å². The number of hydrogen-bond acceptors (Lipinski definition) is 6. The molecule has 2 amide bonds. The lowest BCUT2D eigenvalue weighted by Gasteiger charge is -2.36. The number of halogens is 1. The predicted molar refractivity (Wildman–Crippen MR) is 123 cm³/mol. The molecule has 30 heavy (non-hydrogen) atoms. The first kappa shape index (κ1) is 20.6. The summed E-state index contributed by atoms with van der Waals surface area (Å²) in [6.45, 7) is 1.54. The number of carbonyl (C=O) groups is 1. The van der Waals surface area contributed by atoms with Crippen LogP contribution in [-0.2, 0) is 0 Å². The Morgan fingerprint density at radius 2 is 1.93 bits per heavy atom. The molecule has 7 nitrogen and oxygen atoms in total. The third-order valence-electron chi connectivity index (χ3n) is 5.24. The Labute approximate surface area is 185 Å². The quantitative estimate of drug-likeness (QED) is 0.575. The Kier molecular flexibility index (Phi) is 6.15. The third-order valence-corrected chi connectivity index (χ3v) is 5.98. The summed E-state index contributed by atoms with van der Waals surface area (Å²) in [6.07, 6.45) is 3.14. The summed E-state index contributed by atoms with van der Waals surface area (Å²) in [5.41, 5.74) is 1.52. The maximum atomic E-state index is 12.6. The highest BCUT2D eigenvalue weighted by Crippen LogP contribution is 2.29. The summed E-state index contributed by atoms with van der Waals surface area (Å²) in [4.78, 5) is 23.6. The van der Waals surface area contributed by atoms with Gasteiger partial charge in [-0.25, -0.2) is 14.8 Å². The normalized spacial score (nSPS) is 14.6. The van der Waals surface area contributed by atoms with Crippen LogP contribution >= 0.6 is 24.4 Å². The van der Waals surface area contributed by atoms with Crippen molar-refractivity contribution in [3.05, 3.63) is 53.8 Å². The van der Waals surface area contributed by atoms with Crippen LogP contribution in [0.5, 0.6) is 5.75 Å². The minimum atomic E-state index is -0.246. The van der Waals surface area contributed by atoms with Gasteiger partial charge in [0.15, 0.2) is 0 Å². The number of thiol groups is 1. The molecule has 0 saturated carbocycles. The van der Waals surface area contributed by atoms with E-state index in [2.05, 4.69) is 33.0 Å². The van der Waals surface area contributed by atoms with E-state index in [-0.39, 0.29) is 12.1 Å². The summed E-state index contributed by atoms with van der Waals surface area (Å²) in [7, 11) is 1.61. The van der Waals surface area contributed by atoms with Gasteiger partial charge in [-0.15, -0.1) is 0 Å². The van der Waals surface area contributed by atoms with Gasteiger partial charge in [0.1, 0.15) is 17.9 Å². The van der Waals surface area contributed by atoms with Crippen molar-refractivity contribution in [1.29, 1.82) is 0 Å². The second-order valence-electron chi connectivity index (χ2n) is 7.08. The van der Waals surface area contributed by atoms with Crippen molar-refractivity contribution in [3.8, 4) is 5.75 Å². The maximum Gasteiger partial charge on any atom is 0.331 e. The summed E-state index contributed by atoms with van der Waals surface area (Å²) in [6, 6.07) is 12.6. The van der Waals surface area contributed by atoms with E-state index in [1.54, 1.807) is 37.7 Å². The average molecular weight is 444 g/mol. The first-order valence-electron chi connectivity index (χ1n) is 9.63. The standard InChI is InChI=1S/C21H22ClN5O2S/c1-29-17-5-3-15(4-6-17)25-21(28)27(30)16-8-10-26(11-9-16)20-18-7-2-14(22)12-19(18)23-13-24-20/h2-7,12-13,16,30H,8-11H2,1H3,(H,25,28). The van der Waals surface area contributed by atoms with Crippen LogP contribution in [0.15, 0.2) is 48.8 Å². The fourth-order valence-corrected chi connectivity index (χ4v) is 4.06. The number of ether oxygens (including phenoxy) is 1. The second-order valence-corrected chi connectivity index (χ2v) is 7.95. The topological polar surface area (TPSA) is 70.6 Å². The minimum absolute atomic E-state index is 0.0328. The first-order valence-corrected chi connectivity index (χ1v) is 10.4. The Bertz CT molecular complexity index is 1040. The Morgan fingerprint density at radius 1 is 1.20 bits per heavy atom. The third kappa shape index (κ3) is 4.39. The summed E-state index contributed by atoms with van der Waals surface area (Å²) in [5, 5.41) is 4.50. The number of rotatable bonds is 4. The number of amides is 2. The van der Waals surface area contributed by atoms with E-state index in [0.717, 1.165) is 48.4 Å². The molecule has 1 aliphatic rings. The number of anilines is 2. The molecule has 9 heteroatoms. The number of benzene rings is 2. The maximum absolute atomic E-state index is 12.6. The molecule has 1 N–H and O–H groups in total. The van der Waals surface area contributed by atoms with Crippen LogP contribution < -0.4 is 15.0 Å². The highest BCUT2D eigenvalue weighted by Gasteiger charge is 2.27. The van der Waals surface area contributed by atoms with Crippen molar-refractivity contribution >= 4 is 52.9 Å². The van der Waals surface area contributed by atoms with Gasteiger partial charge in [-0.05, 0) is 55.3 Å². The smallest absolute Gasteiger partial charge is 0.331 e. The van der Waals surface area contributed by atoms with Crippen LogP contribution in [0.1, 0.15) is 12.8 Å². The SMILES string of the molecule is COc1ccc(NC(=O)N(S)C2CCN(c3ncnc4cc(Cl)ccc34)CC2)cc1. The van der Waals surface area contributed by atoms with E-state index < -0.39 is 0 Å². The zero-order valence-electron chi connectivity index (χ0n) is 16.5. The number of fused-ring (bicyclic) bond motifs is 1.